The average Bonchev–Trinajstić information content (AvgIpc) is 3.11. The van der Waals surface area contributed by atoms with Crippen molar-refractivity contribution in [2.45, 2.75) is 38.1 Å². The van der Waals surface area contributed by atoms with Crippen LogP contribution in [0.2, 0.25) is 0 Å². The summed E-state index contributed by atoms with van der Waals surface area (Å²) in [7, 11) is 0. The molecule has 2 aliphatic rings. The first kappa shape index (κ1) is 15.8. The van der Waals surface area contributed by atoms with E-state index in [0.29, 0.717) is 17.5 Å². The first-order chi connectivity index (χ1) is 11.8. The van der Waals surface area contributed by atoms with Crippen molar-refractivity contribution in [1.29, 1.82) is 0 Å². The number of aromatic nitrogens is 1. The van der Waals surface area contributed by atoms with Crippen molar-refractivity contribution in [3.8, 4) is 0 Å². The van der Waals surface area contributed by atoms with Crippen LogP contribution >= 0.6 is 11.3 Å². The SMILES string of the molecule is O=C(NCC1CCN(Cc2cccs2)CC1)c1cc(C2CC2)on1. The van der Waals surface area contributed by atoms with E-state index in [2.05, 4.69) is 32.9 Å². The Balaban J connectivity index is 1.20. The number of hydrogen-bond donors (Lipinski definition) is 1. The van der Waals surface area contributed by atoms with E-state index in [9.17, 15) is 4.79 Å². The van der Waals surface area contributed by atoms with E-state index >= 15 is 0 Å². The minimum Gasteiger partial charge on any atom is -0.360 e. The van der Waals surface area contributed by atoms with Crippen molar-refractivity contribution in [3.63, 3.8) is 0 Å². The van der Waals surface area contributed by atoms with Gasteiger partial charge in [0.25, 0.3) is 5.91 Å². The molecule has 2 aromatic heterocycles. The molecule has 1 saturated heterocycles. The average molecular weight is 345 g/mol. The summed E-state index contributed by atoms with van der Waals surface area (Å²) < 4.78 is 5.25. The monoisotopic (exact) mass is 345 g/mol. The van der Waals surface area contributed by atoms with Gasteiger partial charge in [0.2, 0.25) is 0 Å². The third kappa shape index (κ3) is 3.87. The van der Waals surface area contributed by atoms with Gasteiger partial charge in [-0.2, -0.15) is 0 Å². The van der Waals surface area contributed by atoms with Crippen LogP contribution in [0.15, 0.2) is 28.1 Å². The molecule has 1 aliphatic heterocycles. The summed E-state index contributed by atoms with van der Waals surface area (Å²) in [5.41, 5.74) is 0.423. The highest BCUT2D eigenvalue weighted by molar-refractivity contribution is 7.09. The highest BCUT2D eigenvalue weighted by Gasteiger charge is 2.29. The number of carbonyl (C=O) groups is 1. The molecule has 0 bridgehead atoms. The molecule has 0 spiro atoms. The van der Waals surface area contributed by atoms with Gasteiger partial charge in [0.05, 0.1) is 0 Å². The van der Waals surface area contributed by atoms with E-state index in [1.165, 1.54) is 4.88 Å². The molecule has 6 heteroatoms. The molecule has 0 aromatic carbocycles. The molecule has 1 saturated carbocycles. The van der Waals surface area contributed by atoms with Crippen LogP contribution in [0.1, 0.15) is 52.7 Å². The lowest BCUT2D eigenvalue weighted by Gasteiger charge is -2.31. The second-order valence-electron chi connectivity index (χ2n) is 6.90. The quantitative estimate of drug-likeness (QED) is 0.873. The molecule has 5 nitrogen and oxygen atoms in total. The maximum absolute atomic E-state index is 12.2. The molecule has 24 heavy (non-hydrogen) atoms. The van der Waals surface area contributed by atoms with Crippen molar-refractivity contribution in [1.82, 2.24) is 15.4 Å². The fraction of sp³-hybridized carbons (Fsp3) is 0.556. The largest absolute Gasteiger partial charge is 0.360 e. The molecule has 0 radical (unpaired) electrons. The van der Waals surface area contributed by atoms with Crippen LogP contribution in [-0.2, 0) is 6.54 Å². The van der Waals surface area contributed by atoms with Crippen molar-refractivity contribution < 1.29 is 9.32 Å². The number of rotatable bonds is 6. The van der Waals surface area contributed by atoms with Gasteiger partial charge in [-0.15, -0.1) is 11.3 Å². The summed E-state index contributed by atoms with van der Waals surface area (Å²) in [4.78, 5) is 16.1. The number of likely N-dealkylation sites (tertiary alicyclic amines) is 1. The van der Waals surface area contributed by atoms with Gasteiger partial charge in [-0.05, 0) is 56.1 Å². The smallest absolute Gasteiger partial charge is 0.273 e. The molecular weight excluding hydrogens is 322 g/mol. The Morgan fingerprint density at radius 3 is 2.88 bits per heavy atom. The predicted octanol–water partition coefficient (Wildman–Crippen LogP) is 3.26. The molecule has 2 aromatic rings. The summed E-state index contributed by atoms with van der Waals surface area (Å²) in [6, 6.07) is 6.11. The molecule has 1 aliphatic carbocycles. The molecule has 1 N–H and O–H groups in total. The first-order valence-corrected chi connectivity index (χ1v) is 9.65. The summed E-state index contributed by atoms with van der Waals surface area (Å²) in [5.74, 6) is 1.81. The van der Waals surface area contributed by atoms with Crippen LogP contribution in [0.3, 0.4) is 0 Å². The van der Waals surface area contributed by atoms with Gasteiger partial charge < -0.3 is 9.84 Å². The van der Waals surface area contributed by atoms with Crippen molar-refractivity contribution in [2.75, 3.05) is 19.6 Å². The summed E-state index contributed by atoms with van der Waals surface area (Å²) in [6.45, 7) is 4.00. The second kappa shape index (κ2) is 7.07. The van der Waals surface area contributed by atoms with Crippen molar-refractivity contribution in [3.05, 3.63) is 39.9 Å². The molecule has 2 fully saturated rings. The predicted molar refractivity (Wildman–Crippen MR) is 93.1 cm³/mol. The maximum Gasteiger partial charge on any atom is 0.273 e. The van der Waals surface area contributed by atoms with E-state index in [-0.39, 0.29) is 5.91 Å². The van der Waals surface area contributed by atoms with Crippen LogP contribution in [0.4, 0.5) is 0 Å². The zero-order valence-electron chi connectivity index (χ0n) is 13.7. The molecular formula is C18H23N3O2S. The molecule has 1 amide bonds. The minimum absolute atomic E-state index is 0.105. The van der Waals surface area contributed by atoms with Gasteiger partial charge in [-0.1, -0.05) is 11.2 Å². The number of hydrogen-bond acceptors (Lipinski definition) is 5. The second-order valence-corrected chi connectivity index (χ2v) is 7.93. The summed E-state index contributed by atoms with van der Waals surface area (Å²) in [5, 5.41) is 9.06. The molecule has 4 rings (SSSR count). The van der Waals surface area contributed by atoms with Gasteiger partial charge in [0.15, 0.2) is 5.69 Å². The van der Waals surface area contributed by atoms with Crippen LogP contribution in [0.25, 0.3) is 0 Å². The Morgan fingerprint density at radius 1 is 1.33 bits per heavy atom. The molecule has 0 atom stereocenters. The highest BCUT2D eigenvalue weighted by Crippen LogP contribution is 2.40. The summed E-state index contributed by atoms with van der Waals surface area (Å²) >= 11 is 1.82. The van der Waals surface area contributed by atoms with E-state index < -0.39 is 0 Å². The maximum atomic E-state index is 12.2. The Labute approximate surface area is 146 Å². The van der Waals surface area contributed by atoms with Gasteiger partial charge in [0, 0.05) is 30.0 Å². The normalized spacial score (nSPS) is 19.5. The first-order valence-electron chi connectivity index (χ1n) is 8.77. The van der Waals surface area contributed by atoms with Gasteiger partial charge in [0.1, 0.15) is 5.76 Å². The Kier molecular flexibility index (Phi) is 4.67. The number of nitrogens with one attached hydrogen (secondary N) is 1. The lowest BCUT2D eigenvalue weighted by Crippen LogP contribution is -2.38. The third-order valence-electron chi connectivity index (χ3n) is 4.96. The van der Waals surface area contributed by atoms with Crippen molar-refractivity contribution >= 4 is 17.2 Å². The van der Waals surface area contributed by atoms with E-state index in [4.69, 9.17) is 4.52 Å². The topological polar surface area (TPSA) is 58.4 Å². The fourth-order valence-corrected chi connectivity index (χ4v) is 4.00. The van der Waals surface area contributed by atoms with E-state index in [0.717, 1.165) is 57.6 Å². The van der Waals surface area contributed by atoms with Crippen LogP contribution in [0, 0.1) is 5.92 Å². The van der Waals surface area contributed by atoms with Gasteiger partial charge in [-0.25, -0.2) is 0 Å². The number of piperidine rings is 1. The number of thiophene rings is 1. The third-order valence-corrected chi connectivity index (χ3v) is 5.82. The van der Waals surface area contributed by atoms with Gasteiger partial charge >= 0.3 is 0 Å². The highest BCUT2D eigenvalue weighted by atomic mass is 32.1. The van der Waals surface area contributed by atoms with Gasteiger partial charge in [-0.3, -0.25) is 9.69 Å². The fourth-order valence-electron chi connectivity index (χ4n) is 3.26. The minimum atomic E-state index is -0.105. The van der Waals surface area contributed by atoms with Crippen LogP contribution in [0.5, 0.6) is 0 Å². The lowest BCUT2D eigenvalue weighted by molar-refractivity contribution is 0.0926. The molecule has 128 valence electrons. The zero-order valence-corrected chi connectivity index (χ0v) is 14.6. The Hall–Kier alpha value is -1.66. The van der Waals surface area contributed by atoms with Crippen molar-refractivity contribution in [2.24, 2.45) is 5.92 Å². The summed E-state index contributed by atoms with van der Waals surface area (Å²) in [6.07, 6.45) is 4.58. The van der Waals surface area contributed by atoms with Crippen LogP contribution in [-0.4, -0.2) is 35.6 Å². The molecule has 3 heterocycles. The lowest BCUT2D eigenvalue weighted by atomic mass is 9.96. The number of nitrogens with zero attached hydrogens (tertiary/aromatic N) is 2. The Morgan fingerprint density at radius 2 is 2.17 bits per heavy atom. The van der Waals surface area contributed by atoms with E-state index in [1.54, 1.807) is 6.07 Å². The Bertz CT molecular complexity index is 670. The van der Waals surface area contributed by atoms with Crippen LogP contribution < -0.4 is 5.32 Å². The number of amides is 1. The van der Waals surface area contributed by atoms with E-state index in [1.807, 2.05) is 11.3 Å². The molecule has 0 unspecified atom stereocenters. The zero-order chi connectivity index (χ0) is 16.4. The standard InChI is InChI=1S/C18H23N3O2S/c22-18(16-10-17(23-20-16)14-3-4-14)19-11-13-5-7-21(8-6-13)12-15-2-1-9-24-15/h1-2,9-10,13-14H,3-8,11-12H2,(H,19,22). The number of carbonyl (C=O) groups excluding carboxylic acids is 1.